The van der Waals surface area contributed by atoms with Crippen LogP contribution in [0.1, 0.15) is 17.3 Å². The first-order chi connectivity index (χ1) is 16.5. The van der Waals surface area contributed by atoms with Gasteiger partial charge in [-0.25, -0.2) is 31.8 Å². The molecule has 0 atom stereocenters. The lowest BCUT2D eigenvalue weighted by molar-refractivity contribution is -0.192. The SMILES string of the molecule is CCN(CCN(C)C)c1ncc(NS(=O)(=O)c2ccc(F)c(F)c2)cc1C(=O)O.O=C(O)C(F)(F)F. The van der Waals surface area contributed by atoms with Crippen LogP contribution >= 0.6 is 0 Å². The normalized spacial score (nSPS) is 11.5. The Morgan fingerprint density at radius 1 is 1.06 bits per heavy atom. The average Bonchev–Trinajstić information content (AvgIpc) is 2.75. The van der Waals surface area contributed by atoms with E-state index in [2.05, 4.69) is 9.71 Å². The molecular weight excluding hydrogens is 519 g/mol. The number of anilines is 2. The lowest BCUT2D eigenvalue weighted by Crippen LogP contribution is -2.33. The fourth-order valence-electron chi connectivity index (χ4n) is 2.52. The number of sulfonamides is 1. The summed E-state index contributed by atoms with van der Waals surface area (Å²) in [5, 5.41) is 16.7. The zero-order chi connectivity index (χ0) is 27.8. The monoisotopic (exact) mass is 542 g/mol. The molecule has 2 aromatic rings. The molecule has 0 bridgehead atoms. The maximum Gasteiger partial charge on any atom is 0.490 e. The number of carboxylic acids is 2. The molecule has 1 heterocycles. The molecule has 2 rings (SSSR count). The molecule has 200 valence electrons. The van der Waals surface area contributed by atoms with Crippen LogP contribution in [0, 0.1) is 11.6 Å². The van der Waals surface area contributed by atoms with Crippen molar-refractivity contribution >= 4 is 33.5 Å². The van der Waals surface area contributed by atoms with Gasteiger partial charge in [0, 0.05) is 19.6 Å². The summed E-state index contributed by atoms with van der Waals surface area (Å²) in [4.78, 5) is 27.9. The Morgan fingerprint density at radius 3 is 2.08 bits per heavy atom. The molecule has 1 aromatic heterocycles. The molecule has 0 fully saturated rings. The van der Waals surface area contributed by atoms with E-state index in [1.54, 1.807) is 4.90 Å². The van der Waals surface area contributed by atoms with Crippen molar-refractivity contribution in [2.75, 3.05) is 43.4 Å². The number of carboxylic acid groups (broad SMARTS) is 2. The zero-order valence-corrected chi connectivity index (χ0v) is 20.0. The van der Waals surface area contributed by atoms with E-state index >= 15 is 0 Å². The summed E-state index contributed by atoms with van der Waals surface area (Å²) in [7, 11) is -0.496. The van der Waals surface area contributed by atoms with E-state index in [4.69, 9.17) is 9.90 Å². The Balaban J connectivity index is 0.000000809. The minimum absolute atomic E-state index is 0.112. The summed E-state index contributed by atoms with van der Waals surface area (Å²) in [5.74, 6) is -6.32. The van der Waals surface area contributed by atoms with Crippen LogP contribution in [0.15, 0.2) is 35.4 Å². The number of aromatic carboxylic acids is 1. The van der Waals surface area contributed by atoms with Crippen molar-refractivity contribution < 1.29 is 50.2 Å². The largest absolute Gasteiger partial charge is 0.490 e. The number of benzene rings is 1. The summed E-state index contributed by atoms with van der Waals surface area (Å²) in [5.41, 5.74) is -0.296. The zero-order valence-electron chi connectivity index (χ0n) is 19.2. The predicted octanol–water partition coefficient (Wildman–Crippen LogP) is 2.88. The Hall–Kier alpha value is -3.53. The van der Waals surface area contributed by atoms with Crippen LogP contribution < -0.4 is 9.62 Å². The van der Waals surface area contributed by atoms with Gasteiger partial charge in [0.25, 0.3) is 10.0 Å². The van der Waals surface area contributed by atoms with E-state index in [-0.39, 0.29) is 17.1 Å². The van der Waals surface area contributed by atoms with Crippen LogP contribution in [0.25, 0.3) is 0 Å². The molecule has 36 heavy (non-hydrogen) atoms. The van der Waals surface area contributed by atoms with Gasteiger partial charge in [-0.2, -0.15) is 13.2 Å². The van der Waals surface area contributed by atoms with Gasteiger partial charge in [-0.15, -0.1) is 0 Å². The molecule has 0 saturated carbocycles. The highest BCUT2D eigenvalue weighted by Crippen LogP contribution is 2.24. The van der Waals surface area contributed by atoms with Gasteiger partial charge in [-0.3, -0.25) is 4.72 Å². The van der Waals surface area contributed by atoms with Crippen LogP contribution in [-0.4, -0.2) is 80.4 Å². The van der Waals surface area contributed by atoms with Crippen LogP contribution in [0.4, 0.5) is 33.5 Å². The first-order valence-corrected chi connectivity index (χ1v) is 11.4. The fourth-order valence-corrected chi connectivity index (χ4v) is 3.56. The van der Waals surface area contributed by atoms with Crippen molar-refractivity contribution in [2.24, 2.45) is 0 Å². The van der Waals surface area contributed by atoms with Gasteiger partial charge in [0.05, 0.1) is 16.8 Å². The second kappa shape index (κ2) is 12.4. The number of nitrogens with zero attached hydrogens (tertiary/aromatic N) is 3. The molecular formula is C20H23F5N4O6S. The van der Waals surface area contributed by atoms with E-state index in [9.17, 15) is 40.3 Å². The topological polar surface area (TPSA) is 140 Å². The third-order valence-electron chi connectivity index (χ3n) is 4.29. The van der Waals surface area contributed by atoms with Gasteiger partial charge >= 0.3 is 18.1 Å². The fraction of sp³-hybridized carbons (Fsp3) is 0.350. The molecule has 0 aliphatic rings. The second-order valence-electron chi connectivity index (χ2n) is 7.27. The summed E-state index contributed by atoms with van der Waals surface area (Å²) in [6.07, 6.45) is -3.91. The minimum atomic E-state index is -5.08. The number of hydrogen-bond acceptors (Lipinski definition) is 7. The average molecular weight is 542 g/mol. The van der Waals surface area contributed by atoms with Gasteiger partial charge in [0.2, 0.25) is 0 Å². The molecule has 1 aromatic carbocycles. The highest BCUT2D eigenvalue weighted by atomic mass is 32.2. The van der Waals surface area contributed by atoms with Gasteiger partial charge in [-0.1, -0.05) is 0 Å². The third kappa shape index (κ3) is 8.92. The Kier molecular flexibility index (Phi) is 10.5. The first-order valence-electron chi connectivity index (χ1n) is 9.90. The number of likely N-dealkylation sites (N-methyl/N-ethyl adjacent to an activating group) is 2. The van der Waals surface area contributed by atoms with Gasteiger partial charge < -0.3 is 20.0 Å². The first kappa shape index (κ1) is 30.5. The van der Waals surface area contributed by atoms with Crippen molar-refractivity contribution in [3.8, 4) is 0 Å². The highest BCUT2D eigenvalue weighted by molar-refractivity contribution is 7.92. The van der Waals surface area contributed by atoms with Gasteiger partial charge in [0.1, 0.15) is 11.4 Å². The predicted molar refractivity (Wildman–Crippen MR) is 118 cm³/mol. The molecule has 0 aliphatic carbocycles. The molecule has 10 nitrogen and oxygen atoms in total. The molecule has 0 aliphatic heterocycles. The number of nitrogens with one attached hydrogen (secondary N) is 1. The number of alkyl halides is 3. The van der Waals surface area contributed by atoms with E-state index in [1.165, 1.54) is 6.20 Å². The molecule has 0 unspecified atom stereocenters. The van der Waals surface area contributed by atoms with Crippen molar-refractivity contribution in [3.05, 3.63) is 47.7 Å². The van der Waals surface area contributed by atoms with Crippen molar-refractivity contribution in [2.45, 2.75) is 18.0 Å². The third-order valence-corrected chi connectivity index (χ3v) is 5.67. The Labute approximate surface area is 203 Å². The number of carbonyl (C=O) groups is 2. The molecule has 3 N–H and O–H groups in total. The lowest BCUT2D eigenvalue weighted by Gasteiger charge is -2.25. The van der Waals surface area contributed by atoms with Crippen molar-refractivity contribution in [1.29, 1.82) is 0 Å². The summed E-state index contributed by atoms with van der Waals surface area (Å²) in [6.45, 7) is 3.54. The number of aromatic nitrogens is 1. The lowest BCUT2D eigenvalue weighted by atomic mass is 10.2. The highest BCUT2D eigenvalue weighted by Gasteiger charge is 2.38. The number of aliphatic carboxylic acids is 1. The van der Waals surface area contributed by atoms with Crippen LogP contribution in [-0.2, 0) is 14.8 Å². The van der Waals surface area contributed by atoms with E-state index < -0.39 is 44.7 Å². The van der Waals surface area contributed by atoms with E-state index in [0.717, 1.165) is 12.1 Å². The van der Waals surface area contributed by atoms with Gasteiger partial charge in [0.15, 0.2) is 11.6 Å². The van der Waals surface area contributed by atoms with E-state index in [0.29, 0.717) is 31.8 Å². The number of rotatable bonds is 9. The van der Waals surface area contributed by atoms with Crippen LogP contribution in [0.3, 0.4) is 0 Å². The van der Waals surface area contributed by atoms with Crippen LogP contribution in [0.5, 0.6) is 0 Å². The maximum atomic E-state index is 13.4. The maximum absolute atomic E-state index is 13.4. The molecule has 0 spiro atoms. The summed E-state index contributed by atoms with van der Waals surface area (Å²) in [6, 6.07) is 3.27. The van der Waals surface area contributed by atoms with Gasteiger partial charge in [-0.05, 0) is 45.3 Å². The smallest absolute Gasteiger partial charge is 0.478 e. The quantitative estimate of drug-likeness (QED) is 0.408. The van der Waals surface area contributed by atoms with Crippen molar-refractivity contribution in [3.63, 3.8) is 0 Å². The number of hydrogen-bond donors (Lipinski definition) is 3. The van der Waals surface area contributed by atoms with Crippen LogP contribution in [0.2, 0.25) is 0 Å². The standard InChI is InChI=1S/C18H22F2N4O4S.C2HF3O2/c1-4-24(8-7-23(2)3)17-14(18(25)26)9-12(11-21-17)22-29(27,28)13-5-6-15(19)16(20)10-13;3-2(4,5)1(6)7/h5-6,9-11,22H,4,7-8H2,1-3H3,(H,25,26);(H,6,7). The van der Waals surface area contributed by atoms with Crippen molar-refractivity contribution in [1.82, 2.24) is 9.88 Å². The van der Waals surface area contributed by atoms with E-state index in [1.807, 2.05) is 25.9 Å². The number of halogens is 5. The Bertz CT molecular complexity index is 1190. The summed E-state index contributed by atoms with van der Waals surface area (Å²) >= 11 is 0. The second-order valence-corrected chi connectivity index (χ2v) is 8.95. The molecule has 0 radical (unpaired) electrons. The number of pyridine rings is 1. The molecule has 16 heteroatoms. The minimum Gasteiger partial charge on any atom is -0.478 e. The Morgan fingerprint density at radius 2 is 1.64 bits per heavy atom. The molecule has 0 saturated heterocycles. The molecule has 0 amide bonds. The summed E-state index contributed by atoms with van der Waals surface area (Å²) < 4.78 is 85.1.